The van der Waals surface area contributed by atoms with Gasteiger partial charge < -0.3 is 10.6 Å². The molecule has 6 heteroatoms. The molecule has 2 rings (SSSR count). The Kier molecular flexibility index (Phi) is 5.48. The van der Waals surface area contributed by atoms with Crippen molar-refractivity contribution in [2.75, 3.05) is 11.9 Å². The highest BCUT2D eigenvalue weighted by Crippen LogP contribution is 2.40. The van der Waals surface area contributed by atoms with E-state index in [4.69, 9.17) is 23.2 Å². The summed E-state index contributed by atoms with van der Waals surface area (Å²) in [7, 11) is 0. The van der Waals surface area contributed by atoms with Gasteiger partial charge in [-0.15, -0.1) is 0 Å². The molecule has 0 heterocycles. The molecule has 21 heavy (non-hydrogen) atoms. The Balaban J connectivity index is 1.84. The van der Waals surface area contributed by atoms with Gasteiger partial charge >= 0.3 is 0 Å². The van der Waals surface area contributed by atoms with Gasteiger partial charge in [0.15, 0.2) is 0 Å². The van der Waals surface area contributed by atoms with E-state index in [1.165, 1.54) is 0 Å². The standard InChI is InChI=1S/C15H18Cl2N2O2/c1-2-3-6-18-14(20)10-8-11(10)15(21)19-13-5-4-9(16)7-12(13)17/h4-5,7,10-11H,2-3,6,8H2,1H3,(H,18,20)(H,19,21). The van der Waals surface area contributed by atoms with Crippen molar-refractivity contribution in [1.82, 2.24) is 5.32 Å². The Bertz CT molecular complexity index is 548. The van der Waals surface area contributed by atoms with Crippen molar-refractivity contribution in [2.45, 2.75) is 26.2 Å². The molecule has 4 nitrogen and oxygen atoms in total. The number of hydrogen-bond acceptors (Lipinski definition) is 2. The molecule has 1 aromatic rings. The zero-order valence-electron chi connectivity index (χ0n) is 11.8. The molecule has 0 saturated heterocycles. The highest BCUT2D eigenvalue weighted by molar-refractivity contribution is 6.36. The molecule has 0 aliphatic heterocycles. The summed E-state index contributed by atoms with van der Waals surface area (Å²) in [6, 6.07) is 4.88. The van der Waals surface area contributed by atoms with E-state index in [0.717, 1.165) is 12.8 Å². The molecule has 1 fully saturated rings. The minimum absolute atomic E-state index is 0.0363. The van der Waals surface area contributed by atoms with Crippen LogP contribution in [0.25, 0.3) is 0 Å². The molecule has 2 atom stereocenters. The normalized spacial score (nSPS) is 20.0. The van der Waals surface area contributed by atoms with Crippen LogP contribution >= 0.6 is 23.2 Å². The second-order valence-electron chi connectivity index (χ2n) is 5.21. The first-order chi connectivity index (χ1) is 10.0. The number of nitrogens with one attached hydrogen (secondary N) is 2. The van der Waals surface area contributed by atoms with E-state index in [-0.39, 0.29) is 23.7 Å². The van der Waals surface area contributed by atoms with Crippen LogP contribution in [-0.4, -0.2) is 18.4 Å². The van der Waals surface area contributed by atoms with Crippen molar-refractivity contribution >= 4 is 40.7 Å². The fraction of sp³-hybridized carbons (Fsp3) is 0.467. The Labute approximate surface area is 134 Å². The molecule has 1 aliphatic carbocycles. The van der Waals surface area contributed by atoms with Crippen molar-refractivity contribution in [3.63, 3.8) is 0 Å². The summed E-state index contributed by atoms with van der Waals surface area (Å²) in [6.07, 6.45) is 2.58. The minimum atomic E-state index is -0.265. The number of halogens is 2. The van der Waals surface area contributed by atoms with E-state index >= 15 is 0 Å². The molecule has 1 saturated carbocycles. The summed E-state index contributed by atoms with van der Waals surface area (Å²) in [6.45, 7) is 2.73. The van der Waals surface area contributed by atoms with Crippen LogP contribution in [0.4, 0.5) is 5.69 Å². The van der Waals surface area contributed by atoms with E-state index in [9.17, 15) is 9.59 Å². The number of hydrogen-bond donors (Lipinski definition) is 2. The average molecular weight is 329 g/mol. The number of carbonyl (C=O) groups is 2. The van der Waals surface area contributed by atoms with Gasteiger partial charge in [-0.25, -0.2) is 0 Å². The summed E-state index contributed by atoms with van der Waals surface area (Å²) in [5, 5.41) is 6.49. The van der Waals surface area contributed by atoms with Crippen molar-refractivity contribution in [2.24, 2.45) is 11.8 Å². The number of unbranched alkanes of at least 4 members (excludes halogenated alkanes) is 1. The Morgan fingerprint density at radius 2 is 1.95 bits per heavy atom. The lowest BCUT2D eigenvalue weighted by Crippen LogP contribution is -2.28. The summed E-state index contributed by atoms with van der Waals surface area (Å²) in [4.78, 5) is 23.9. The van der Waals surface area contributed by atoms with Gasteiger partial charge in [-0.2, -0.15) is 0 Å². The first-order valence-corrected chi connectivity index (χ1v) is 7.82. The molecule has 1 aromatic carbocycles. The molecule has 2 amide bonds. The summed E-state index contributed by atoms with van der Waals surface area (Å²) < 4.78 is 0. The molecule has 0 spiro atoms. The molecule has 114 valence electrons. The quantitative estimate of drug-likeness (QED) is 0.785. The maximum atomic E-state index is 12.1. The number of amides is 2. The third-order valence-corrected chi connectivity index (χ3v) is 4.03. The molecule has 0 bridgehead atoms. The number of carbonyl (C=O) groups excluding carboxylic acids is 2. The van der Waals surface area contributed by atoms with Gasteiger partial charge in [0.05, 0.1) is 22.5 Å². The molecule has 1 aliphatic rings. The van der Waals surface area contributed by atoms with Crippen LogP contribution in [-0.2, 0) is 9.59 Å². The first kappa shape index (κ1) is 16.1. The number of rotatable bonds is 6. The highest BCUT2D eigenvalue weighted by atomic mass is 35.5. The van der Waals surface area contributed by atoms with Gasteiger partial charge in [-0.3, -0.25) is 9.59 Å². The van der Waals surface area contributed by atoms with Crippen molar-refractivity contribution < 1.29 is 9.59 Å². The Morgan fingerprint density at radius 3 is 2.62 bits per heavy atom. The van der Waals surface area contributed by atoms with Gasteiger partial charge in [-0.05, 0) is 31.0 Å². The van der Waals surface area contributed by atoms with Crippen LogP contribution in [0, 0.1) is 11.8 Å². The number of benzene rings is 1. The topological polar surface area (TPSA) is 58.2 Å². The molecule has 2 unspecified atom stereocenters. The average Bonchev–Trinajstić information content (AvgIpc) is 3.22. The minimum Gasteiger partial charge on any atom is -0.356 e. The first-order valence-electron chi connectivity index (χ1n) is 7.06. The lowest BCUT2D eigenvalue weighted by molar-refractivity contribution is -0.125. The predicted molar refractivity (Wildman–Crippen MR) is 84.6 cm³/mol. The number of anilines is 1. The molecular formula is C15H18Cl2N2O2. The van der Waals surface area contributed by atoms with Gasteiger partial charge in [0.1, 0.15) is 0 Å². The second kappa shape index (κ2) is 7.14. The van der Waals surface area contributed by atoms with Crippen molar-refractivity contribution in [1.29, 1.82) is 0 Å². The van der Waals surface area contributed by atoms with E-state index in [1.54, 1.807) is 18.2 Å². The highest BCUT2D eigenvalue weighted by Gasteiger charge is 2.47. The van der Waals surface area contributed by atoms with Crippen LogP contribution in [0.15, 0.2) is 18.2 Å². The molecular weight excluding hydrogens is 311 g/mol. The van der Waals surface area contributed by atoms with Crippen LogP contribution in [0.5, 0.6) is 0 Å². The fourth-order valence-electron chi connectivity index (χ4n) is 2.11. The fourth-order valence-corrected chi connectivity index (χ4v) is 2.57. The molecule has 0 radical (unpaired) electrons. The van der Waals surface area contributed by atoms with E-state index in [0.29, 0.717) is 28.7 Å². The Morgan fingerprint density at radius 1 is 1.24 bits per heavy atom. The zero-order valence-corrected chi connectivity index (χ0v) is 13.3. The van der Waals surface area contributed by atoms with Crippen molar-refractivity contribution in [3.8, 4) is 0 Å². The van der Waals surface area contributed by atoms with Crippen molar-refractivity contribution in [3.05, 3.63) is 28.2 Å². The van der Waals surface area contributed by atoms with Crippen LogP contribution < -0.4 is 10.6 Å². The van der Waals surface area contributed by atoms with Gasteiger partial charge in [0, 0.05) is 11.6 Å². The van der Waals surface area contributed by atoms with Crippen LogP contribution in [0.3, 0.4) is 0 Å². The predicted octanol–water partition coefficient (Wildman–Crippen LogP) is 3.48. The summed E-state index contributed by atoms with van der Waals surface area (Å²) in [5.74, 6) is -0.688. The van der Waals surface area contributed by atoms with E-state index in [2.05, 4.69) is 17.6 Å². The van der Waals surface area contributed by atoms with E-state index < -0.39 is 0 Å². The zero-order chi connectivity index (χ0) is 15.4. The van der Waals surface area contributed by atoms with Gasteiger partial charge in [0.25, 0.3) is 0 Å². The summed E-state index contributed by atoms with van der Waals surface area (Å²) in [5.41, 5.74) is 0.517. The third kappa shape index (κ3) is 4.35. The maximum absolute atomic E-state index is 12.1. The molecule has 0 aromatic heterocycles. The monoisotopic (exact) mass is 328 g/mol. The van der Waals surface area contributed by atoms with E-state index in [1.807, 2.05) is 0 Å². The Hall–Kier alpha value is -1.26. The largest absolute Gasteiger partial charge is 0.356 e. The lowest BCUT2D eigenvalue weighted by Gasteiger charge is -2.07. The third-order valence-electron chi connectivity index (χ3n) is 3.48. The lowest BCUT2D eigenvalue weighted by atomic mass is 10.2. The molecule has 2 N–H and O–H groups in total. The van der Waals surface area contributed by atoms with Crippen LogP contribution in [0.2, 0.25) is 10.0 Å². The van der Waals surface area contributed by atoms with Gasteiger partial charge in [-0.1, -0.05) is 36.5 Å². The maximum Gasteiger partial charge on any atom is 0.228 e. The van der Waals surface area contributed by atoms with Crippen LogP contribution in [0.1, 0.15) is 26.2 Å². The smallest absolute Gasteiger partial charge is 0.228 e. The SMILES string of the molecule is CCCCNC(=O)C1CC1C(=O)Nc1ccc(Cl)cc1Cl. The summed E-state index contributed by atoms with van der Waals surface area (Å²) >= 11 is 11.8. The second-order valence-corrected chi connectivity index (χ2v) is 6.05. The van der Waals surface area contributed by atoms with Gasteiger partial charge in [0.2, 0.25) is 11.8 Å².